The van der Waals surface area contributed by atoms with Crippen LogP contribution in [0, 0.1) is 0 Å². The number of rotatable bonds is 9. The summed E-state index contributed by atoms with van der Waals surface area (Å²) in [5, 5.41) is 7.83. The first-order valence-electron chi connectivity index (χ1n) is 8.17. The molecule has 0 unspecified atom stereocenters. The lowest BCUT2D eigenvalue weighted by Crippen LogP contribution is -2.08. The van der Waals surface area contributed by atoms with Crippen LogP contribution in [0.4, 0.5) is 5.69 Å². The van der Waals surface area contributed by atoms with E-state index < -0.39 is 0 Å². The molecule has 0 aliphatic carbocycles. The van der Waals surface area contributed by atoms with Crippen LogP contribution in [0.3, 0.4) is 0 Å². The summed E-state index contributed by atoms with van der Waals surface area (Å²) in [6.45, 7) is 6.24. The van der Waals surface area contributed by atoms with Gasteiger partial charge in [-0.3, -0.25) is 4.68 Å². The van der Waals surface area contributed by atoms with Gasteiger partial charge in [-0.2, -0.15) is 5.10 Å². The van der Waals surface area contributed by atoms with Crippen LogP contribution >= 0.6 is 0 Å². The summed E-state index contributed by atoms with van der Waals surface area (Å²) in [6.07, 6.45) is 8.08. The molecule has 0 atom stereocenters. The van der Waals surface area contributed by atoms with E-state index in [4.69, 9.17) is 0 Å². The van der Waals surface area contributed by atoms with Gasteiger partial charge in [0.05, 0.1) is 12.2 Å². The molecule has 0 amide bonds. The quantitative estimate of drug-likeness (QED) is 0.680. The highest BCUT2D eigenvalue weighted by atomic mass is 15.3. The van der Waals surface area contributed by atoms with Crippen molar-refractivity contribution in [2.75, 3.05) is 5.32 Å². The highest BCUT2D eigenvalue weighted by Crippen LogP contribution is 2.13. The van der Waals surface area contributed by atoms with Gasteiger partial charge in [-0.25, -0.2) is 0 Å². The molecule has 1 heterocycles. The molecule has 0 bridgehead atoms. The van der Waals surface area contributed by atoms with Crippen molar-refractivity contribution in [3.8, 4) is 0 Å². The average Bonchev–Trinajstić information content (AvgIpc) is 2.94. The molecule has 0 saturated heterocycles. The van der Waals surface area contributed by atoms with Crippen LogP contribution in [-0.2, 0) is 19.5 Å². The highest BCUT2D eigenvalue weighted by molar-refractivity contribution is 5.44. The van der Waals surface area contributed by atoms with Crippen molar-refractivity contribution in [1.29, 1.82) is 0 Å². The number of unbranched alkanes of at least 4 members (excludes halogenated alkanes) is 2. The summed E-state index contributed by atoms with van der Waals surface area (Å²) in [7, 11) is 0. The van der Waals surface area contributed by atoms with E-state index in [1.165, 1.54) is 42.6 Å². The monoisotopic (exact) mass is 285 g/mol. The number of hydrogen-bond donors (Lipinski definition) is 1. The second-order valence-electron chi connectivity index (χ2n) is 5.55. The smallest absolute Gasteiger partial charge is 0.0575 e. The van der Waals surface area contributed by atoms with Gasteiger partial charge in [0.15, 0.2) is 0 Å². The van der Waals surface area contributed by atoms with Crippen LogP contribution < -0.4 is 5.32 Å². The number of aryl methyl sites for hydroxylation is 2. The van der Waals surface area contributed by atoms with Gasteiger partial charge in [0.1, 0.15) is 0 Å². The van der Waals surface area contributed by atoms with Gasteiger partial charge in [0, 0.05) is 18.4 Å². The highest BCUT2D eigenvalue weighted by Gasteiger charge is 2.01. The number of anilines is 1. The maximum atomic E-state index is 4.35. The zero-order valence-electron chi connectivity index (χ0n) is 13.3. The Morgan fingerprint density at radius 3 is 2.52 bits per heavy atom. The Labute approximate surface area is 128 Å². The minimum atomic E-state index is 0.829. The second-order valence-corrected chi connectivity index (χ2v) is 5.55. The SMILES string of the molecule is CCCCCc1ccc(NCc2ccnn2CCC)cc1. The zero-order valence-corrected chi connectivity index (χ0v) is 13.3. The fourth-order valence-electron chi connectivity index (χ4n) is 2.48. The number of nitrogens with one attached hydrogen (secondary N) is 1. The lowest BCUT2D eigenvalue weighted by Gasteiger charge is -2.09. The lowest BCUT2D eigenvalue weighted by molar-refractivity contribution is 0.578. The van der Waals surface area contributed by atoms with E-state index in [1.54, 1.807) is 0 Å². The number of hydrogen-bond acceptors (Lipinski definition) is 2. The minimum absolute atomic E-state index is 0.829. The van der Waals surface area contributed by atoms with Crippen molar-refractivity contribution in [2.24, 2.45) is 0 Å². The third-order valence-corrected chi connectivity index (χ3v) is 3.74. The van der Waals surface area contributed by atoms with Gasteiger partial charge in [0.2, 0.25) is 0 Å². The minimum Gasteiger partial charge on any atom is -0.379 e. The van der Waals surface area contributed by atoms with E-state index >= 15 is 0 Å². The Balaban J connectivity index is 1.84. The fraction of sp³-hybridized carbons (Fsp3) is 0.500. The van der Waals surface area contributed by atoms with Crippen molar-refractivity contribution in [3.05, 3.63) is 47.8 Å². The fourth-order valence-corrected chi connectivity index (χ4v) is 2.48. The molecule has 2 rings (SSSR count). The van der Waals surface area contributed by atoms with E-state index in [0.717, 1.165) is 19.5 Å². The standard InChI is InChI=1S/C18H27N3/c1-3-5-6-7-16-8-10-17(11-9-16)19-15-18-12-13-20-21(18)14-4-2/h8-13,19H,3-7,14-15H2,1-2H3. The Hall–Kier alpha value is -1.77. The van der Waals surface area contributed by atoms with Crippen LogP contribution in [0.15, 0.2) is 36.5 Å². The molecule has 0 radical (unpaired) electrons. The van der Waals surface area contributed by atoms with Crippen LogP contribution in [-0.4, -0.2) is 9.78 Å². The summed E-state index contributed by atoms with van der Waals surface area (Å²) >= 11 is 0. The van der Waals surface area contributed by atoms with Crippen molar-refractivity contribution in [2.45, 2.75) is 59.0 Å². The molecule has 2 aromatic rings. The van der Waals surface area contributed by atoms with Gasteiger partial charge in [-0.1, -0.05) is 38.8 Å². The third kappa shape index (κ3) is 4.92. The first-order valence-corrected chi connectivity index (χ1v) is 8.17. The topological polar surface area (TPSA) is 29.9 Å². The van der Waals surface area contributed by atoms with Crippen molar-refractivity contribution in [3.63, 3.8) is 0 Å². The van der Waals surface area contributed by atoms with Crippen LogP contribution in [0.25, 0.3) is 0 Å². The molecule has 0 fully saturated rings. The first kappa shape index (κ1) is 15.6. The third-order valence-electron chi connectivity index (χ3n) is 3.74. The normalized spacial score (nSPS) is 10.8. The van der Waals surface area contributed by atoms with Crippen LogP contribution in [0.2, 0.25) is 0 Å². The molecule has 21 heavy (non-hydrogen) atoms. The van der Waals surface area contributed by atoms with E-state index in [-0.39, 0.29) is 0 Å². The van der Waals surface area contributed by atoms with E-state index in [1.807, 2.05) is 6.20 Å². The van der Waals surface area contributed by atoms with Crippen molar-refractivity contribution in [1.82, 2.24) is 9.78 Å². The molecule has 1 aromatic heterocycles. The number of benzene rings is 1. The maximum Gasteiger partial charge on any atom is 0.0575 e. The Bertz CT molecular complexity index is 514. The molecular weight excluding hydrogens is 258 g/mol. The van der Waals surface area contributed by atoms with Gasteiger partial charge in [-0.15, -0.1) is 0 Å². The summed E-state index contributed by atoms with van der Waals surface area (Å²) in [5.41, 5.74) is 3.85. The van der Waals surface area contributed by atoms with Gasteiger partial charge >= 0.3 is 0 Å². The van der Waals surface area contributed by atoms with Crippen molar-refractivity contribution < 1.29 is 0 Å². The molecule has 3 heteroatoms. The van der Waals surface area contributed by atoms with Crippen LogP contribution in [0.1, 0.15) is 50.8 Å². The average molecular weight is 285 g/mol. The lowest BCUT2D eigenvalue weighted by atomic mass is 10.1. The second kappa shape index (κ2) is 8.50. The van der Waals surface area contributed by atoms with Crippen LogP contribution in [0.5, 0.6) is 0 Å². The van der Waals surface area contributed by atoms with E-state index in [9.17, 15) is 0 Å². The Kier molecular flexibility index (Phi) is 6.32. The molecular formula is C18H27N3. The number of nitrogens with zero attached hydrogens (tertiary/aromatic N) is 2. The molecule has 0 saturated carbocycles. The van der Waals surface area contributed by atoms with E-state index in [2.05, 4.69) is 59.3 Å². The summed E-state index contributed by atoms with van der Waals surface area (Å²) in [5.74, 6) is 0. The molecule has 0 spiro atoms. The van der Waals surface area contributed by atoms with Crippen molar-refractivity contribution >= 4 is 5.69 Å². The van der Waals surface area contributed by atoms with Gasteiger partial charge in [0.25, 0.3) is 0 Å². The van der Waals surface area contributed by atoms with E-state index in [0.29, 0.717) is 0 Å². The summed E-state index contributed by atoms with van der Waals surface area (Å²) in [4.78, 5) is 0. The maximum absolute atomic E-state index is 4.35. The molecule has 1 N–H and O–H groups in total. The summed E-state index contributed by atoms with van der Waals surface area (Å²) in [6, 6.07) is 10.9. The number of aromatic nitrogens is 2. The first-order chi connectivity index (χ1) is 10.3. The molecule has 0 aliphatic heterocycles. The predicted molar refractivity (Wildman–Crippen MR) is 89.5 cm³/mol. The Morgan fingerprint density at radius 1 is 1.00 bits per heavy atom. The predicted octanol–water partition coefficient (Wildman–Crippen LogP) is 4.64. The molecule has 1 aromatic carbocycles. The molecule has 3 nitrogen and oxygen atoms in total. The molecule has 114 valence electrons. The van der Waals surface area contributed by atoms with Gasteiger partial charge < -0.3 is 5.32 Å². The summed E-state index contributed by atoms with van der Waals surface area (Å²) < 4.78 is 2.08. The zero-order chi connectivity index (χ0) is 14.9. The Morgan fingerprint density at radius 2 is 1.81 bits per heavy atom. The molecule has 0 aliphatic rings. The largest absolute Gasteiger partial charge is 0.379 e. The van der Waals surface area contributed by atoms with Gasteiger partial charge in [-0.05, 0) is 43.0 Å².